The van der Waals surface area contributed by atoms with Crippen LogP contribution in [0.4, 0.5) is 5.69 Å². The molecule has 0 spiro atoms. The highest BCUT2D eigenvalue weighted by Gasteiger charge is 2.13. The zero-order chi connectivity index (χ0) is 20.4. The first-order chi connectivity index (χ1) is 13.3. The molecular weight excluding hydrogens is 370 g/mol. The van der Waals surface area contributed by atoms with Crippen LogP contribution >= 0.6 is 11.6 Å². The number of carbonyl (C=O) groups excluding carboxylic acids is 1. The number of aromatic nitrogens is 1. The maximum absolute atomic E-state index is 12.5. The third-order valence-electron chi connectivity index (χ3n) is 5.14. The van der Waals surface area contributed by atoms with Gasteiger partial charge in [0.05, 0.1) is 12.1 Å². The smallest absolute Gasteiger partial charge is 0.238 e. The van der Waals surface area contributed by atoms with E-state index in [4.69, 9.17) is 11.6 Å². The van der Waals surface area contributed by atoms with Crippen LogP contribution in [0.1, 0.15) is 27.8 Å². The van der Waals surface area contributed by atoms with Crippen LogP contribution in [0.3, 0.4) is 0 Å². The van der Waals surface area contributed by atoms with Crippen molar-refractivity contribution in [1.29, 1.82) is 0 Å². The van der Waals surface area contributed by atoms with E-state index in [-0.39, 0.29) is 12.5 Å². The molecule has 0 fully saturated rings. The quantitative estimate of drug-likeness (QED) is 0.604. The first-order valence-electron chi connectivity index (χ1n) is 9.36. The van der Waals surface area contributed by atoms with Gasteiger partial charge in [0.1, 0.15) is 5.15 Å². The number of amides is 1. The van der Waals surface area contributed by atoms with Gasteiger partial charge in [0.25, 0.3) is 0 Å². The minimum absolute atomic E-state index is 0.0451. The Hall–Kier alpha value is -2.43. The molecule has 1 aromatic heterocycles. The number of carbonyl (C=O) groups is 1. The highest BCUT2D eigenvalue weighted by Crippen LogP contribution is 2.25. The Kier molecular flexibility index (Phi) is 6.01. The SMILES string of the molecule is Cc1cccc(C)c1NC(=O)CN(C)Cc1cc2ccc(C)c(C)c2nc1Cl. The van der Waals surface area contributed by atoms with Crippen molar-refractivity contribution in [2.45, 2.75) is 34.2 Å². The number of rotatable bonds is 5. The number of likely N-dealkylation sites (N-methyl/N-ethyl adjacent to an activating group) is 1. The van der Waals surface area contributed by atoms with E-state index in [2.05, 4.69) is 42.3 Å². The lowest BCUT2D eigenvalue weighted by atomic mass is 10.0. The number of para-hydroxylation sites is 1. The molecule has 3 rings (SSSR count). The molecule has 0 aliphatic heterocycles. The van der Waals surface area contributed by atoms with Gasteiger partial charge in [-0.3, -0.25) is 9.69 Å². The summed E-state index contributed by atoms with van der Waals surface area (Å²) in [5.74, 6) is -0.0451. The molecule has 0 saturated carbocycles. The third kappa shape index (κ3) is 4.34. The summed E-state index contributed by atoms with van der Waals surface area (Å²) in [5.41, 5.74) is 7.20. The van der Waals surface area contributed by atoms with E-state index in [1.807, 2.05) is 44.0 Å². The van der Waals surface area contributed by atoms with Crippen LogP contribution in [0, 0.1) is 27.7 Å². The third-order valence-corrected chi connectivity index (χ3v) is 5.46. The second kappa shape index (κ2) is 8.29. The largest absolute Gasteiger partial charge is 0.324 e. The van der Waals surface area contributed by atoms with Crippen LogP contribution < -0.4 is 5.32 Å². The zero-order valence-corrected chi connectivity index (χ0v) is 17.8. The number of benzene rings is 2. The number of fused-ring (bicyclic) bond motifs is 1. The highest BCUT2D eigenvalue weighted by atomic mass is 35.5. The number of anilines is 1. The number of hydrogen-bond acceptors (Lipinski definition) is 3. The Labute approximate surface area is 171 Å². The van der Waals surface area contributed by atoms with Gasteiger partial charge in [-0.25, -0.2) is 4.98 Å². The fraction of sp³-hybridized carbons (Fsp3) is 0.304. The van der Waals surface area contributed by atoms with Gasteiger partial charge in [-0.15, -0.1) is 0 Å². The molecule has 146 valence electrons. The number of nitrogens with zero attached hydrogens (tertiary/aromatic N) is 2. The van der Waals surface area contributed by atoms with Crippen molar-refractivity contribution in [2.75, 3.05) is 18.9 Å². The van der Waals surface area contributed by atoms with E-state index in [9.17, 15) is 4.79 Å². The Balaban J connectivity index is 1.72. The lowest BCUT2D eigenvalue weighted by Gasteiger charge is -2.19. The normalized spacial score (nSPS) is 11.2. The van der Waals surface area contributed by atoms with Crippen molar-refractivity contribution in [3.8, 4) is 0 Å². The van der Waals surface area contributed by atoms with Crippen molar-refractivity contribution < 1.29 is 4.79 Å². The molecule has 0 atom stereocenters. The van der Waals surface area contributed by atoms with Gasteiger partial charge < -0.3 is 5.32 Å². The van der Waals surface area contributed by atoms with Crippen molar-refractivity contribution in [1.82, 2.24) is 9.88 Å². The minimum Gasteiger partial charge on any atom is -0.324 e. The summed E-state index contributed by atoms with van der Waals surface area (Å²) >= 11 is 6.44. The van der Waals surface area contributed by atoms with Gasteiger partial charge in [-0.1, -0.05) is 41.9 Å². The van der Waals surface area contributed by atoms with Crippen molar-refractivity contribution >= 4 is 34.1 Å². The van der Waals surface area contributed by atoms with E-state index in [1.54, 1.807) is 0 Å². The van der Waals surface area contributed by atoms with E-state index in [0.717, 1.165) is 38.8 Å². The molecule has 0 bridgehead atoms. The van der Waals surface area contributed by atoms with Gasteiger partial charge in [0.2, 0.25) is 5.91 Å². The van der Waals surface area contributed by atoms with E-state index >= 15 is 0 Å². The number of aryl methyl sites for hydroxylation is 4. The summed E-state index contributed by atoms with van der Waals surface area (Å²) in [6.07, 6.45) is 0. The fourth-order valence-corrected chi connectivity index (χ4v) is 3.60. The van der Waals surface area contributed by atoms with Crippen LogP contribution in [0.5, 0.6) is 0 Å². The maximum Gasteiger partial charge on any atom is 0.238 e. The lowest BCUT2D eigenvalue weighted by Crippen LogP contribution is -2.30. The molecule has 4 nitrogen and oxygen atoms in total. The van der Waals surface area contributed by atoms with Crippen LogP contribution in [-0.4, -0.2) is 29.4 Å². The van der Waals surface area contributed by atoms with E-state index < -0.39 is 0 Å². The zero-order valence-electron chi connectivity index (χ0n) is 17.1. The molecule has 1 N–H and O–H groups in total. The molecule has 1 amide bonds. The molecule has 5 heteroatoms. The molecule has 0 radical (unpaired) electrons. The molecule has 0 aliphatic carbocycles. The van der Waals surface area contributed by atoms with Crippen molar-refractivity contribution in [2.24, 2.45) is 0 Å². The summed E-state index contributed by atoms with van der Waals surface area (Å²) in [5, 5.41) is 4.58. The van der Waals surface area contributed by atoms with Crippen molar-refractivity contribution in [3.63, 3.8) is 0 Å². The molecule has 28 heavy (non-hydrogen) atoms. The highest BCUT2D eigenvalue weighted by molar-refractivity contribution is 6.30. The Bertz CT molecular complexity index is 1030. The summed E-state index contributed by atoms with van der Waals surface area (Å²) in [6, 6.07) is 12.2. The first kappa shape index (κ1) is 20.3. The summed E-state index contributed by atoms with van der Waals surface area (Å²) in [4.78, 5) is 19.0. The van der Waals surface area contributed by atoms with Gasteiger partial charge >= 0.3 is 0 Å². The first-order valence-corrected chi connectivity index (χ1v) is 9.74. The van der Waals surface area contributed by atoms with Gasteiger partial charge in [0, 0.05) is 23.2 Å². The van der Waals surface area contributed by atoms with Gasteiger partial charge in [0.15, 0.2) is 0 Å². The lowest BCUT2D eigenvalue weighted by molar-refractivity contribution is -0.117. The second-order valence-electron chi connectivity index (χ2n) is 7.50. The maximum atomic E-state index is 12.5. The Morgan fingerprint density at radius 3 is 2.43 bits per heavy atom. The van der Waals surface area contributed by atoms with Crippen LogP contribution in [-0.2, 0) is 11.3 Å². The van der Waals surface area contributed by atoms with Crippen LogP contribution in [0.2, 0.25) is 5.15 Å². The molecular formula is C23H26ClN3O. The molecule has 0 saturated heterocycles. The Morgan fingerprint density at radius 2 is 1.75 bits per heavy atom. The molecule has 0 aliphatic rings. The minimum atomic E-state index is -0.0451. The van der Waals surface area contributed by atoms with E-state index in [0.29, 0.717) is 11.7 Å². The second-order valence-corrected chi connectivity index (χ2v) is 7.86. The molecule has 3 aromatic rings. The summed E-state index contributed by atoms with van der Waals surface area (Å²) in [6.45, 7) is 8.95. The summed E-state index contributed by atoms with van der Waals surface area (Å²) < 4.78 is 0. The number of hydrogen-bond donors (Lipinski definition) is 1. The van der Waals surface area contributed by atoms with Crippen LogP contribution in [0.25, 0.3) is 10.9 Å². The number of pyridine rings is 1. The molecule has 2 aromatic carbocycles. The molecule has 1 heterocycles. The average molecular weight is 396 g/mol. The predicted molar refractivity (Wildman–Crippen MR) is 117 cm³/mol. The van der Waals surface area contributed by atoms with Gasteiger partial charge in [-0.2, -0.15) is 0 Å². The Morgan fingerprint density at radius 1 is 1.07 bits per heavy atom. The number of nitrogens with one attached hydrogen (secondary N) is 1. The molecule has 0 unspecified atom stereocenters. The number of halogens is 1. The standard InChI is InChI=1S/C23H26ClN3O/c1-14-9-10-18-11-19(23(24)26-22(18)17(14)4)12-27(5)13-20(28)25-21-15(2)7-6-8-16(21)3/h6-11H,12-13H2,1-5H3,(H,25,28). The predicted octanol–water partition coefficient (Wildman–Crippen LogP) is 5.19. The fourth-order valence-electron chi connectivity index (χ4n) is 3.40. The van der Waals surface area contributed by atoms with E-state index in [1.165, 1.54) is 5.56 Å². The van der Waals surface area contributed by atoms with Crippen LogP contribution in [0.15, 0.2) is 36.4 Å². The van der Waals surface area contributed by atoms with Gasteiger partial charge in [-0.05, 0) is 63.1 Å². The summed E-state index contributed by atoms with van der Waals surface area (Å²) in [7, 11) is 1.91. The topological polar surface area (TPSA) is 45.2 Å². The monoisotopic (exact) mass is 395 g/mol. The average Bonchev–Trinajstić information content (AvgIpc) is 2.63. The van der Waals surface area contributed by atoms with Crippen molar-refractivity contribution in [3.05, 3.63) is 69.4 Å².